The molecule has 0 saturated heterocycles. The van der Waals surface area contributed by atoms with Gasteiger partial charge in [-0.15, -0.1) is 0 Å². The number of benzene rings is 1. The van der Waals surface area contributed by atoms with Crippen LogP contribution in [0.2, 0.25) is 0 Å². The van der Waals surface area contributed by atoms with Crippen LogP contribution < -0.4 is 10.6 Å². The molecule has 1 aromatic carbocycles. The number of aliphatic hydroxyl groups is 1. The Morgan fingerprint density at radius 2 is 1.86 bits per heavy atom. The average Bonchev–Trinajstić information content (AvgIpc) is 2.66. The van der Waals surface area contributed by atoms with Gasteiger partial charge in [-0.1, -0.05) is 25.3 Å². The number of carbonyl (C=O) groups excluding carboxylic acids is 1. The number of aliphatic hydroxyl groups excluding tert-OH is 1. The fraction of sp³-hybridized carbons (Fsp3) is 0.708. The summed E-state index contributed by atoms with van der Waals surface area (Å²) in [6.45, 7) is 5.39. The van der Waals surface area contributed by atoms with Gasteiger partial charge < -0.3 is 20.5 Å². The van der Waals surface area contributed by atoms with E-state index < -0.39 is 11.7 Å². The molecule has 2 aliphatic rings. The number of ether oxygens (including phenoxy) is 1. The molecule has 29 heavy (non-hydrogen) atoms. The number of fused-ring (bicyclic) bond motifs is 2. The second-order valence-corrected chi connectivity index (χ2v) is 9.84. The molecule has 1 amide bonds. The van der Waals surface area contributed by atoms with Crippen molar-refractivity contribution in [2.24, 2.45) is 0 Å². The van der Waals surface area contributed by atoms with Crippen LogP contribution in [0.3, 0.4) is 0 Å². The van der Waals surface area contributed by atoms with Crippen LogP contribution in [-0.2, 0) is 23.0 Å². The summed E-state index contributed by atoms with van der Waals surface area (Å²) in [5, 5.41) is 16.0. The SMILES string of the molecule is CNc1cc2c(cc1CC(CO)NC(=O)OC(C)(C)C)CCCC21CCCCC1. The quantitative estimate of drug-likeness (QED) is 0.668. The first kappa shape index (κ1) is 21.9. The van der Waals surface area contributed by atoms with Crippen LogP contribution in [0.5, 0.6) is 0 Å². The second kappa shape index (κ2) is 8.95. The Kier molecular flexibility index (Phi) is 6.77. The van der Waals surface area contributed by atoms with Gasteiger partial charge in [0.2, 0.25) is 0 Å². The van der Waals surface area contributed by atoms with E-state index in [2.05, 4.69) is 22.8 Å². The molecule has 1 spiro atoms. The van der Waals surface area contributed by atoms with Crippen molar-refractivity contribution in [1.82, 2.24) is 5.32 Å². The Balaban J connectivity index is 1.81. The number of hydrogen-bond donors (Lipinski definition) is 3. The highest BCUT2D eigenvalue weighted by Gasteiger charge is 2.38. The van der Waals surface area contributed by atoms with E-state index in [-0.39, 0.29) is 12.6 Å². The highest BCUT2D eigenvalue weighted by Crippen LogP contribution is 2.48. The molecule has 2 aliphatic carbocycles. The molecule has 0 bridgehead atoms. The van der Waals surface area contributed by atoms with Crippen molar-refractivity contribution in [2.45, 2.75) is 95.6 Å². The zero-order chi connectivity index (χ0) is 21.1. The first-order valence-corrected chi connectivity index (χ1v) is 11.2. The monoisotopic (exact) mass is 402 g/mol. The summed E-state index contributed by atoms with van der Waals surface area (Å²) in [5.41, 5.74) is 5.06. The third-order valence-corrected chi connectivity index (χ3v) is 6.49. The molecule has 3 N–H and O–H groups in total. The van der Waals surface area contributed by atoms with Gasteiger partial charge in [-0.3, -0.25) is 0 Å². The van der Waals surface area contributed by atoms with Crippen molar-refractivity contribution >= 4 is 11.8 Å². The van der Waals surface area contributed by atoms with E-state index >= 15 is 0 Å². The Labute approximate surface area is 175 Å². The lowest BCUT2D eigenvalue weighted by molar-refractivity contribution is 0.0483. The van der Waals surface area contributed by atoms with Gasteiger partial charge in [0.25, 0.3) is 0 Å². The van der Waals surface area contributed by atoms with E-state index in [1.54, 1.807) is 0 Å². The highest BCUT2D eigenvalue weighted by molar-refractivity contribution is 5.68. The first-order valence-electron chi connectivity index (χ1n) is 11.2. The maximum absolute atomic E-state index is 12.1. The number of anilines is 1. The summed E-state index contributed by atoms with van der Waals surface area (Å²) in [6, 6.07) is 4.30. The zero-order valence-electron chi connectivity index (χ0n) is 18.6. The molecule has 1 aromatic rings. The standard InChI is InChI=1S/C24H38N2O3/c1-23(2,3)29-22(28)26-19(16-27)14-18-13-17-9-8-12-24(10-6-5-7-11-24)20(17)15-21(18)25-4/h13,15,19,25,27H,5-12,14,16H2,1-4H3,(H,26,28). The van der Waals surface area contributed by atoms with Crippen molar-refractivity contribution in [3.63, 3.8) is 0 Å². The van der Waals surface area contributed by atoms with E-state index in [1.807, 2.05) is 27.8 Å². The van der Waals surface area contributed by atoms with E-state index in [4.69, 9.17) is 4.74 Å². The molecule has 162 valence electrons. The maximum Gasteiger partial charge on any atom is 0.407 e. The lowest BCUT2D eigenvalue weighted by atomic mass is 9.62. The van der Waals surface area contributed by atoms with Crippen LogP contribution in [0, 0.1) is 0 Å². The third-order valence-electron chi connectivity index (χ3n) is 6.49. The predicted octanol–water partition coefficient (Wildman–Crippen LogP) is 4.69. The minimum Gasteiger partial charge on any atom is -0.444 e. The zero-order valence-corrected chi connectivity index (χ0v) is 18.6. The molecule has 5 nitrogen and oxygen atoms in total. The molecule has 0 aliphatic heterocycles. The minimum atomic E-state index is -0.555. The Bertz CT molecular complexity index is 718. The summed E-state index contributed by atoms with van der Waals surface area (Å²) in [5.74, 6) is 0. The second-order valence-electron chi connectivity index (χ2n) is 9.84. The van der Waals surface area contributed by atoms with Crippen LogP contribution in [0.25, 0.3) is 0 Å². The van der Waals surface area contributed by atoms with E-state index in [1.165, 1.54) is 56.1 Å². The molecule has 1 atom stereocenters. The lowest BCUT2D eigenvalue weighted by Crippen LogP contribution is -2.42. The topological polar surface area (TPSA) is 70.6 Å². The van der Waals surface area contributed by atoms with Crippen molar-refractivity contribution < 1.29 is 14.6 Å². The molecule has 1 unspecified atom stereocenters. The summed E-state index contributed by atoms with van der Waals surface area (Å²) in [6.07, 6.45) is 10.4. The number of rotatable bonds is 5. The lowest BCUT2D eigenvalue weighted by Gasteiger charge is -2.43. The first-order chi connectivity index (χ1) is 13.8. The Hall–Kier alpha value is -1.75. The van der Waals surface area contributed by atoms with E-state index in [0.717, 1.165) is 17.7 Å². The van der Waals surface area contributed by atoms with Crippen LogP contribution in [-0.4, -0.2) is 36.5 Å². The third kappa shape index (κ3) is 5.25. The minimum absolute atomic E-state index is 0.122. The molecule has 5 heteroatoms. The van der Waals surface area contributed by atoms with Gasteiger partial charge in [-0.25, -0.2) is 4.79 Å². The smallest absolute Gasteiger partial charge is 0.407 e. The summed E-state index contributed by atoms with van der Waals surface area (Å²) in [7, 11) is 1.96. The van der Waals surface area contributed by atoms with Gasteiger partial charge in [0.15, 0.2) is 0 Å². The van der Waals surface area contributed by atoms with Crippen molar-refractivity contribution in [1.29, 1.82) is 0 Å². The van der Waals surface area contributed by atoms with Crippen LogP contribution in [0.1, 0.15) is 82.4 Å². The van der Waals surface area contributed by atoms with Crippen molar-refractivity contribution in [3.05, 3.63) is 28.8 Å². The van der Waals surface area contributed by atoms with Crippen LogP contribution in [0.4, 0.5) is 10.5 Å². The summed E-state index contributed by atoms with van der Waals surface area (Å²) >= 11 is 0. The maximum atomic E-state index is 12.1. The average molecular weight is 403 g/mol. The highest BCUT2D eigenvalue weighted by atomic mass is 16.6. The number of aryl methyl sites for hydroxylation is 1. The number of hydrogen-bond acceptors (Lipinski definition) is 4. The molecule has 1 saturated carbocycles. The van der Waals surface area contributed by atoms with E-state index in [0.29, 0.717) is 11.8 Å². The van der Waals surface area contributed by atoms with Gasteiger partial charge in [0.05, 0.1) is 12.6 Å². The van der Waals surface area contributed by atoms with E-state index in [9.17, 15) is 9.90 Å². The summed E-state index contributed by atoms with van der Waals surface area (Å²) in [4.78, 5) is 12.1. The van der Waals surface area contributed by atoms with Gasteiger partial charge in [-0.05, 0) is 87.5 Å². The van der Waals surface area contributed by atoms with Gasteiger partial charge in [0, 0.05) is 12.7 Å². The molecule has 0 radical (unpaired) electrons. The molecule has 3 rings (SSSR count). The number of amides is 1. The fourth-order valence-corrected chi connectivity index (χ4v) is 5.20. The van der Waals surface area contributed by atoms with Crippen LogP contribution >= 0.6 is 0 Å². The number of alkyl carbamates (subject to hydrolysis) is 1. The van der Waals surface area contributed by atoms with Crippen molar-refractivity contribution in [2.75, 3.05) is 19.0 Å². The van der Waals surface area contributed by atoms with Gasteiger partial charge in [0.1, 0.15) is 5.60 Å². The van der Waals surface area contributed by atoms with Gasteiger partial charge >= 0.3 is 6.09 Å². The number of nitrogens with one attached hydrogen (secondary N) is 2. The van der Waals surface area contributed by atoms with Gasteiger partial charge in [-0.2, -0.15) is 0 Å². The Morgan fingerprint density at radius 1 is 1.17 bits per heavy atom. The largest absolute Gasteiger partial charge is 0.444 e. The fourth-order valence-electron chi connectivity index (χ4n) is 5.20. The predicted molar refractivity (Wildman–Crippen MR) is 118 cm³/mol. The van der Waals surface area contributed by atoms with Crippen LogP contribution in [0.15, 0.2) is 12.1 Å². The summed E-state index contributed by atoms with van der Waals surface area (Å²) < 4.78 is 5.35. The molecular formula is C24H38N2O3. The Morgan fingerprint density at radius 3 is 2.48 bits per heavy atom. The molecule has 1 fully saturated rings. The number of carbonyl (C=O) groups is 1. The van der Waals surface area contributed by atoms with Crippen molar-refractivity contribution in [3.8, 4) is 0 Å². The normalized spacial score (nSPS) is 19.3. The molecule has 0 aromatic heterocycles. The molecule has 0 heterocycles. The molecular weight excluding hydrogens is 364 g/mol.